The van der Waals surface area contributed by atoms with Gasteiger partial charge < -0.3 is 12.4 Å². The first-order valence-corrected chi connectivity index (χ1v) is 7.65. The lowest BCUT2D eigenvalue weighted by Gasteiger charge is -2.13. The second kappa shape index (κ2) is 6.81. The number of nitrogens with zero attached hydrogens (tertiary/aromatic N) is 4. The van der Waals surface area contributed by atoms with E-state index in [1.807, 2.05) is 41.1 Å². The molecule has 0 spiro atoms. The second-order valence-electron chi connectivity index (χ2n) is 5.63. The fraction of sp³-hybridized carbons (Fsp3) is 0.105. The SMILES string of the molecule is Cc1ccc(C(n2nnc3ccccc32)[n+]2ccccc2)cc1.[Cl-]. The standard InChI is InChI=1S/C19H17N4.ClH/c1-15-9-11-16(12-10-15)19(22-13-5-2-6-14-22)23-18-8-4-3-7-17(18)20-21-23;/h2-14,19H,1H3;1H/q+1;/p-1. The van der Waals surface area contributed by atoms with E-state index in [0.717, 1.165) is 11.0 Å². The van der Waals surface area contributed by atoms with Gasteiger partial charge in [-0.05, 0) is 31.2 Å². The van der Waals surface area contributed by atoms with Crippen LogP contribution in [0.4, 0.5) is 0 Å². The van der Waals surface area contributed by atoms with Crippen LogP contribution < -0.4 is 17.0 Å². The van der Waals surface area contributed by atoms with Crippen LogP contribution in [0, 0.1) is 6.92 Å². The van der Waals surface area contributed by atoms with Crippen molar-refractivity contribution in [3.05, 3.63) is 90.3 Å². The van der Waals surface area contributed by atoms with E-state index in [4.69, 9.17) is 0 Å². The molecule has 2 heterocycles. The fourth-order valence-corrected chi connectivity index (χ4v) is 2.82. The number of rotatable bonds is 3. The molecule has 0 amide bonds. The van der Waals surface area contributed by atoms with Crippen LogP contribution in [-0.4, -0.2) is 15.0 Å². The summed E-state index contributed by atoms with van der Waals surface area (Å²) in [6.07, 6.45) is 4.05. The first-order valence-electron chi connectivity index (χ1n) is 7.65. The Morgan fingerprint density at radius 2 is 1.58 bits per heavy atom. The van der Waals surface area contributed by atoms with Crippen LogP contribution in [0.15, 0.2) is 79.1 Å². The molecule has 1 atom stereocenters. The molecule has 2 aromatic heterocycles. The predicted molar refractivity (Wildman–Crippen MR) is 88.9 cm³/mol. The molecule has 0 radical (unpaired) electrons. The minimum Gasteiger partial charge on any atom is -1.00 e. The lowest BCUT2D eigenvalue weighted by atomic mass is 10.1. The van der Waals surface area contributed by atoms with Crippen LogP contribution in [0.3, 0.4) is 0 Å². The van der Waals surface area contributed by atoms with E-state index >= 15 is 0 Å². The fourth-order valence-electron chi connectivity index (χ4n) is 2.82. The van der Waals surface area contributed by atoms with Crippen LogP contribution in [0.1, 0.15) is 17.3 Å². The highest BCUT2D eigenvalue weighted by Crippen LogP contribution is 2.20. The summed E-state index contributed by atoms with van der Waals surface area (Å²) in [6, 6.07) is 22.7. The van der Waals surface area contributed by atoms with Gasteiger partial charge in [-0.2, -0.15) is 9.25 Å². The molecular weight excluding hydrogens is 320 g/mol. The van der Waals surface area contributed by atoms with E-state index in [1.54, 1.807) is 0 Å². The van der Waals surface area contributed by atoms with Crippen molar-refractivity contribution in [2.45, 2.75) is 13.1 Å². The molecule has 0 bridgehead atoms. The summed E-state index contributed by atoms with van der Waals surface area (Å²) in [7, 11) is 0. The van der Waals surface area contributed by atoms with Gasteiger partial charge in [0.25, 0.3) is 6.17 Å². The maximum absolute atomic E-state index is 4.42. The first-order chi connectivity index (χ1) is 11.3. The zero-order valence-corrected chi connectivity index (χ0v) is 14.0. The summed E-state index contributed by atoms with van der Waals surface area (Å²) in [6.45, 7) is 2.10. The van der Waals surface area contributed by atoms with Crippen molar-refractivity contribution < 1.29 is 17.0 Å². The van der Waals surface area contributed by atoms with Crippen molar-refractivity contribution in [1.29, 1.82) is 0 Å². The van der Waals surface area contributed by atoms with E-state index < -0.39 is 0 Å². The Balaban J connectivity index is 0.00000169. The molecule has 4 nitrogen and oxygen atoms in total. The van der Waals surface area contributed by atoms with Crippen LogP contribution >= 0.6 is 0 Å². The van der Waals surface area contributed by atoms with Gasteiger partial charge in [0.1, 0.15) is 5.52 Å². The summed E-state index contributed by atoms with van der Waals surface area (Å²) in [4.78, 5) is 0. The third kappa shape index (κ3) is 2.88. The number of para-hydroxylation sites is 1. The van der Waals surface area contributed by atoms with Crippen molar-refractivity contribution in [2.24, 2.45) is 0 Å². The summed E-state index contributed by atoms with van der Waals surface area (Å²) in [5.74, 6) is 0. The molecule has 4 aromatic rings. The van der Waals surface area contributed by atoms with E-state index in [1.165, 1.54) is 11.1 Å². The van der Waals surface area contributed by atoms with E-state index in [-0.39, 0.29) is 18.6 Å². The quantitative estimate of drug-likeness (QED) is 0.498. The third-order valence-corrected chi connectivity index (χ3v) is 4.01. The number of aromatic nitrogens is 4. The Bertz CT molecular complexity index is 932. The highest BCUT2D eigenvalue weighted by atomic mass is 35.5. The molecule has 0 aliphatic rings. The molecule has 0 fully saturated rings. The van der Waals surface area contributed by atoms with Crippen molar-refractivity contribution >= 4 is 11.0 Å². The molecule has 2 aromatic carbocycles. The molecule has 1 unspecified atom stereocenters. The number of pyridine rings is 1. The Hall–Kier alpha value is -2.72. The van der Waals surface area contributed by atoms with Gasteiger partial charge in [0.2, 0.25) is 0 Å². The number of hydrogen-bond donors (Lipinski definition) is 0. The Morgan fingerprint density at radius 3 is 2.33 bits per heavy atom. The summed E-state index contributed by atoms with van der Waals surface area (Å²) >= 11 is 0. The number of aryl methyl sites for hydroxylation is 1. The van der Waals surface area contributed by atoms with Crippen LogP contribution in [0.5, 0.6) is 0 Å². The van der Waals surface area contributed by atoms with Crippen molar-refractivity contribution in [2.75, 3.05) is 0 Å². The van der Waals surface area contributed by atoms with Gasteiger partial charge in [-0.15, -0.1) is 5.10 Å². The first kappa shape index (κ1) is 16.1. The lowest BCUT2D eigenvalue weighted by molar-refractivity contribution is -0.719. The lowest BCUT2D eigenvalue weighted by Crippen LogP contribution is -3.00. The zero-order chi connectivity index (χ0) is 15.6. The van der Waals surface area contributed by atoms with Crippen LogP contribution in [0.2, 0.25) is 0 Å². The number of fused-ring (bicyclic) bond motifs is 1. The third-order valence-electron chi connectivity index (χ3n) is 4.01. The molecule has 4 rings (SSSR count). The summed E-state index contributed by atoms with van der Waals surface area (Å²) in [5, 5.41) is 8.72. The molecule has 24 heavy (non-hydrogen) atoms. The second-order valence-corrected chi connectivity index (χ2v) is 5.63. The van der Waals surface area contributed by atoms with Gasteiger partial charge in [0.05, 0.1) is 5.52 Å². The molecule has 0 aliphatic heterocycles. The molecule has 0 saturated heterocycles. The number of halogens is 1. The number of benzene rings is 2. The largest absolute Gasteiger partial charge is 1.00 e. The highest BCUT2D eigenvalue weighted by molar-refractivity contribution is 5.74. The summed E-state index contributed by atoms with van der Waals surface area (Å²) in [5.41, 5.74) is 4.34. The van der Waals surface area contributed by atoms with Crippen LogP contribution in [0.25, 0.3) is 11.0 Å². The predicted octanol–water partition coefficient (Wildman–Crippen LogP) is 0.126. The average molecular weight is 337 g/mol. The van der Waals surface area contributed by atoms with Gasteiger partial charge in [0.15, 0.2) is 12.4 Å². The van der Waals surface area contributed by atoms with Crippen LogP contribution in [-0.2, 0) is 0 Å². The minimum atomic E-state index is -0.0656. The van der Waals surface area contributed by atoms with Gasteiger partial charge in [-0.25, -0.2) is 0 Å². The highest BCUT2D eigenvalue weighted by Gasteiger charge is 2.25. The maximum Gasteiger partial charge on any atom is 0.280 e. The average Bonchev–Trinajstić information content (AvgIpc) is 3.02. The van der Waals surface area contributed by atoms with Crippen molar-refractivity contribution in [3.63, 3.8) is 0 Å². The van der Waals surface area contributed by atoms with Gasteiger partial charge in [0, 0.05) is 17.7 Å². The molecule has 0 aliphatic carbocycles. The smallest absolute Gasteiger partial charge is 0.280 e. The monoisotopic (exact) mass is 336 g/mol. The van der Waals surface area contributed by atoms with Gasteiger partial charge >= 0.3 is 0 Å². The van der Waals surface area contributed by atoms with Crippen molar-refractivity contribution in [1.82, 2.24) is 15.0 Å². The molecule has 0 N–H and O–H groups in total. The minimum absolute atomic E-state index is 0. The summed E-state index contributed by atoms with van der Waals surface area (Å²) < 4.78 is 4.12. The normalized spacial score (nSPS) is 11.9. The van der Waals surface area contributed by atoms with E-state index in [0.29, 0.717) is 0 Å². The molecule has 5 heteroatoms. The molecule has 0 saturated carbocycles. The Kier molecular flexibility index (Phi) is 4.58. The molecular formula is C19H17ClN4. The Morgan fingerprint density at radius 1 is 0.875 bits per heavy atom. The van der Waals surface area contributed by atoms with Gasteiger partial charge in [-0.1, -0.05) is 41.1 Å². The topological polar surface area (TPSA) is 34.6 Å². The Labute approximate surface area is 146 Å². The number of hydrogen-bond acceptors (Lipinski definition) is 2. The van der Waals surface area contributed by atoms with E-state index in [9.17, 15) is 0 Å². The zero-order valence-electron chi connectivity index (χ0n) is 13.2. The van der Waals surface area contributed by atoms with E-state index in [2.05, 4.69) is 64.5 Å². The molecule has 120 valence electrons. The van der Waals surface area contributed by atoms with Gasteiger partial charge in [-0.3, -0.25) is 0 Å². The van der Waals surface area contributed by atoms with Crippen molar-refractivity contribution in [3.8, 4) is 0 Å². The maximum atomic E-state index is 4.42.